The van der Waals surface area contributed by atoms with Gasteiger partial charge in [-0.25, -0.2) is 0 Å². The quantitative estimate of drug-likeness (QED) is 0.697. The molecule has 2 fully saturated rings. The monoisotopic (exact) mass is 239 g/mol. The number of piperidine rings is 2. The Balaban J connectivity index is 1.87. The van der Waals surface area contributed by atoms with E-state index in [2.05, 4.69) is 10.6 Å². The zero-order chi connectivity index (χ0) is 12.3. The molecule has 2 aliphatic rings. The first-order valence-electron chi connectivity index (χ1n) is 6.42. The van der Waals surface area contributed by atoms with Crippen molar-refractivity contribution in [1.29, 1.82) is 0 Å². The van der Waals surface area contributed by atoms with Crippen molar-refractivity contribution in [1.82, 2.24) is 15.5 Å². The molecule has 17 heavy (non-hydrogen) atoms. The number of rotatable bonds is 2. The molecule has 0 radical (unpaired) electrons. The van der Waals surface area contributed by atoms with Gasteiger partial charge in [0.15, 0.2) is 0 Å². The predicted octanol–water partition coefficient (Wildman–Crippen LogP) is -0.277. The Morgan fingerprint density at radius 1 is 1.29 bits per heavy atom. The van der Waals surface area contributed by atoms with Crippen LogP contribution < -0.4 is 10.6 Å². The summed E-state index contributed by atoms with van der Waals surface area (Å²) in [6.07, 6.45) is 3.24. The van der Waals surface area contributed by atoms with Gasteiger partial charge in [0.2, 0.25) is 11.8 Å². The average molecular weight is 239 g/mol. The number of carbonyl (C=O) groups is 2. The Hall–Kier alpha value is -1.10. The van der Waals surface area contributed by atoms with Crippen molar-refractivity contribution in [3.8, 4) is 0 Å². The fraction of sp³-hybridized carbons (Fsp3) is 0.833. The molecule has 0 aromatic heterocycles. The molecule has 0 bridgehead atoms. The predicted molar refractivity (Wildman–Crippen MR) is 64.4 cm³/mol. The summed E-state index contributed by atoms with van der Waals surface area (Å²) in [6, 6.07) is 0.362. The highest BCUT2D eigenvalue weighted by molar-refractivity contribution is 5.83. The third kappa shape index (κ3) is 2.97. The van der Waals surface area contributed by atoms with Gasteiger partial charge in [0.1, 0.15) is 0 Å². The molecule has 96 valence electrons. The zero-order valence-electron chi connectivity index (χ0n) is 10.4. The van der Waals surface area contributed by atoms with Crippen LogP contribution in [0.1, 0.15) is 25.7 Å². The highest BCUT2D eigenvalue weighted by Crippen LogP contribution is 2.17. The molecule has 0 aromatic rings. The molecule has 2 amide bonds. The second-order valence-electron chi connectivity index (χ2n) is 4.97. The average Bonchev–Trinajstić information content (AvgIpc) is 2.39. The number of carbonyl (C=O) groups excluding carboxylic acids is 2. The maximum absolute atomic E-state index is 12.3. The number of hydrogen-bond donors (Lipinski definition) is 2. The second kappa shape index (κ2) is 5.49. The van der Waals surface area contributed by atoms with Crippen molar-refractivity contribution in [2.24, 2.45) is 5.92 Å². The molecule has 1 atom stereocenters. The van der Waals surface area contributed by atoms with Gasteiger partial charge in [0, 0.05) is 26.1 Å². The van der Waals surface area contributed by atoms with Crippen molar-refractivity contribution < 1.29 is 9.59 Å². The van der Waals surface area contributed by atoms with Gasteiger partial charge >= 0.3 is 0 Å². The third-order valence-electron chi connectivity index (χ3n) is 3.82. The fourth-order valence-corrected chi connectivity index (χ4v) is 2.61. The van der Waals surface area contributed by atoms with Gasteiger partial charge in [-0.1, -0.05) is 0 Å². The lowest BCUT2D eigenvalue weighted by Crippen LogP contribution is -2.49. The fourth-order valence-electron chi connectivity index (χ4n) is 2.61. The molecule has 1 unspecified atom stereocenters. The van der Waals surface area contributed by atoms with Crippen LogP contribution >= 0.6 is 0 Å². The molecule has 5 heteroatoms. The zero-order valence-corrected chi connectivity index (χ0v) is 10.4. The first kappa shape index (κ1) is 12.4. The molecule has 0 aliphatic carbocycles. The molecule has 0 spiro atoms. The molecule has 0 aromatic carbocycles. The molecule has 2 heterocycles. The molecular weight excluding hydrogens is 218 g/mol. The molecule has 2 aliphatic heterocycles. The minimum atomic E-state index is -0.0208. The Morgan fingerprint density at radius 2 is 2.00 bits per heavy atom. The normalized spacial score (nSPS) is 26.4. The molecule has 2 rings (SSSR count). The van der Waals surface area contributed by atoms with E-state index >= 15 is 0 Å². The van der Waals surface area contributed by atoms with Gasteiger partial charge in [-0.05, 0) is 32.4 Å². The highest BCUT2D eigenvalue weighted by atomic mass is 16.2. The Kier molecular flexibility index (Phi) is 3.99. The smallest absolute Gasteiger partial charge is 0.227 e. The molecule has 5 nitrogen and oxygen atoms in total. The maximum atomic E-state index is 12.3. The highest BCUT2D eigenvalue weighted by Gasteiger charge is 2.30. The summed E-state index contributed by atoms with van der Waals surface area (Å²) in [5.74, 6) is 0.239. The van der Waals surface area contributed by atoms with E-state index < -0.39 is 0 Å². The van der Waals surface area contributed by atoms with E-state index in [0.29, 0.717) is 25.4 Å². The topological polar surface area (TPSA) is 61.4 Å². The molecule has 2 N–H and O–H groups in total. The number of nitrogens with one attached hydrogen (secondary N) is 2. The van der Waals surface area contributed by atoms with Crippen LogP contribution in [-0.4, -0.2) is 49.4 Å². The van der Waals surface area contributed by atoms with Gasteiger partial charge in [-0.15, -0.1) is 0 Å². The summed E-state index contributed by atoms with van der Waals surface area (Å²) in [6.45, 7) is 2.49. The van der Waals surface area contributed by atoms with Crippen LogP contribution in [0.2, 0.25) is 0 Å². The van der Waals surface area contributed by atoms with Gasteiger partial charge in [-0.3, -0.25) is 9.59 Å². The van der Waals surface area contributed by atoms with Crippen molar-refractivity contribution in [3.63, 3.8) is 0 Å². The van der Waals surface area contributed by atoms with E-state index in [0.717, 1.165) is 25.9 Å². The third-order valence-corrected chi connectivity index (χ3v) is 3.82. The molecule has 2 saturated heterocycles. The van der Waals surface area contributed by atoms with E-state index in [1.165, 1.54) is 0 Å². The standard InChI is InChI=1S/C12H21N3O2/c1-15(10-4-6-13-7-5-10)12(17)9-2-3-11(16)14-8-9/h9-10,13H,2-8H2,1H3,(H,14,16). The Labute approximate surface area is 102 Å². The minimum absolute atomic E-state index is 0.0208. The van der Waals surface area contributed by atoms with Crippen LogP contribution in [0.25, 0.3) is 0 Å². The maximum Gasteiger partial charge on any atom is 0.227 e. The number of amides is 2. The summed E-state index contributed by atoms with van der Waals surface area (Å²) in [5.41, 5.74) is 0. The summed E-state index contributed by atoms with van der Waals surface area (Å²) in [5, 5.41) is 6.07. The number of hydrogen-bond acceptors (Lipinski definition) is 3. The summed E-state index contributed by atoms with van der Waals surface area (Å²) >= 11 is 0. The van der Waals surface area contributed by atoms with E-state index in [9.17, 15) is 9.59 Å². The lowest BCUT2D eigenvalue weighted by Gasteiger charge is -2.35. The van der Waals surface area contributed by atoms with E-state index in [-0.39, 0.29) is 17.7 Å². The van der Waals surface area contributed by atoms with Gasteiger partial charge < -0.3 is 15.5 Å². The van der Waals surface area contributed by atoms with E-state index in [1.54, 1.807) is 0 Å². The summed E-state index contributed by atoms with van der Waals surface area (Å²) < 4.78 is 0. The van der Waals surface area contributed by atoms with Crippen molar-refractivity contribution in [3.05, 3.63) is 0 Å². The van der Waals surface area contributed by atoms with E-state index in [4.69, 9.17) is 0 Å². The largest absolute Gasteiger partial charge is 0.355 e. The van der Waals surface area contributed by atoms with Crippen molar-refractivity contribution in [2.45, 2.75) is 31.7 Å². The number of nitrogens with zero attached hydrogens (tertiary/aromatic N) is 1. The lowest BCUT2D eigenvalue weighted by molar-refractivity contribution is -0.138. The van der Waals surface area contributed by atoms with Crippen molar-refractivity contribution >= 4 is 11.8 Å². The SMILES string of the molecule is CN(C(=O)C1CCC(=O)NC1)C1CCNCC1. The second-order valence-corrected chi connectivity index (χ2v) is 4.97. The Morgan fingerprint density at radius 3 is 2.59 bits per heavy atom. The van der Waals surface area contributed by atoms with E-state index in [1.807, 2.05) is 11.9 Å². The summed E-state index contributed by atoms with van der Waals surface area (Å²) in [7, 11) is 1.90. The van der Waals surface area contributed by atoms with Crippen LogP contribution in [0.5, 0.6) is 0 Å². The van der Waals surface area contributed by atoms with Gasteiger partial charge in [-0.2, -0.15) is 0 Å². The van der Waals surface area contributed by atoms with Crippen LogP contribution in [0, 0.1) is 5.92 Å². The van der Waals surface area contributed by atoms with Crippen LogP contribution in [0.3, 0.4) is 0 Å². The first-order valence-corrected chi connectivity index (χ1v) is 6.42. The Bertz CT molecular complexity index is 290. The minimum Gasteiger partial charge on any atom is -0.355 e. The first-order chi connectivity index (χ1) is 8.18. The van der Waals surface area contributed by atoms with Crippen LogP contribution in [0.15, 0.2) is 0 Å². The van der Waals surface area contributed by atoms with Crippen molar-refractivity contribution in [2.75, 3.05) is 26.7 Å². The van der Waals surface area contributed by atoms with Crippen LogP contribution in [0.4, 0.5) is 0 Å². The molecule has 0 saturated carbocycles. The molecular formula is C12H21N3O2. The lowest BCUT2D eigenvalue weighted by atomic mass is 9.96. The summed E-state index contributed by atoms with van der Waals surface area (Å²) in [4.78, 5) is 25.2. The van der Waals surface area contributed by atoms with Gasteiger partial charge in [0.05, 0.1) is 5.92 Å². The van der Waals surface area contributed by atoms with Gasteiger partial charge in [0.25, 0.3) is 0 Å². The van der Waals surface area contributed by atoms with Crippen LogP contribution in [-0.2, 0) is 9.59 Å².